The molecule has 1 aromatic heterocycles. The number of ether oxygens (including phenoxy) is 1. The van der Waals surface area contributed by atoms with Crippen LogP contribution in [0.15, 0.2) is 23.4 Å². The van der Waals surface area contributed by atoms with E-state index >= 15 is 0 Å². The molecule has 0 spiro atoms. The van der Waals surface area contributed by atoms with Crippen molar-refractivity contribution in [2.45, 2.75) is 13.8 Å². The summed E-state index contributed by atoms with van der Waals surface area (Å²) in [5, 5.41) is 16.5. The van der Waals surface area contributed by atoms with Gasteiger partial charge in [-0.25, -0.2) is 4.68 Å². The van der Waals surface area contributed by atoms with Gasteiger partial charge in [0.25, 0.3) is 0 Å². The fraction of sp³-hybridized carbons (Fsp3) is 0.231. The average Bonchev–Trinajstić information content (AvgIpc) is 2.68. The van der Waals surface area contributed by atoms with Gasteiger partial charge in [0.05, 0.1) is 10.7 Å². The van der Waals surface area contributed by atoms with Crippen LogP contribution in [-0.2, 0) is 7.05 Å². The number of halogens is 1. The van der Waals surface area contributed by atoms with Crippen LogP contribution in [0.25, 0.3) is 0 Å². The van der Waals surface area contributed by atoms with Crippen LogP contribution in [0, 0.1) is 13.8 Å². The predicted molar refractivity (Wildman–Crippen MR) is 76.7 cm³/mol. The zero-order valence-electron chi connectivity index (χ0n) is 11.4. The number of oxime groups is 1. The molecule has 0 amide bonds. The first kappa shape index (κ1) is 14.2. The van der Waals surface area contributed by atoms with Crippen LogP contribution in [-0.4, -0.2) is 20.8 Å². The van der Waals surface area contributed by atoms with E-state index in [0.717, 1.165) is 5.56 Å². The number of aryl methyl sites for hydroxylation is 3. The van der Waals surface area contributed by atoms with E-state index in [-0.39, 0.29) is 5.84 Å². The van der Waals surface area contributed by atoms with Gasteiger partial charge in [-0.1, -0.05) is 22.8 Å². The maximum absolute atomic E-state index is 8.86. The summed E-state index contributed by atoms with van der Waals surface area (Å²) < 4.78 is 7.31. The monoisotopic (exact) mass is 294 g/mol. The number of aromatic nitrogens is 2. The summed E-state index contributed by atoms with van der Waals surface area (Å²) >= 11 is 6.11. The van der Waals surface area contributed by atoms with Crippen LogP contribution in [0.1, 0.15) is 16.8 Å². The molecule has 1 aromatic carbocycles. The molecule has 0 aliphatic heterocycles. The predicted octanol–water partition coefficient (Wildman–Crippen LogP) is 2.58. The third-order valence-corrected chi connectivity index (χ3v) is 3.14. The molecule has 20 heavy (non-hydrogen) atoms. The minimum absolute atomic E-state index is 0.0608. The maximum Gasteiger partial charge on any atom is 0.229 e. The third-order valence-electron chi connectivity index (χ3n) is 2.83. The average molecular weight is 295 g/mol. The Hall–Kier alpha value is -2.21. The van der Waals surface area contributed by atoms with Crippen molar-refractivity contribution in [2.24, 2.45) is 17.9 Å². The minimum Gasteiger partial charge on any atom is -0.437 e. The molecule has 6 nitrogen and oxygen atoms in total. The van der Waals surface area contributed by atoms with Crippen molar-refractivity contribution in [2.75, 3.05) is 0 Å². The molecular formula is C13H15ClN4O2. The van der Waals surface area contributed by atoms with Gasteiger partial charge in [0.1, 0.15) is 11.3 Å². The molecule has 0 fully saturated rings. The van der Waals surface area contributed by atoms with Gasteiger partial charge >= 0.3 is 0 Å². The highest BCUT2D eigenvalue weighted by atomic mass is 35.5. The number of hydrogen-bond donors (Lipinski definition) is 2. The fourth-order valence-electron chi connectivity index (χ4n) is 1.89. The standard InChI is InChI=1S/C13H15ClN4O2/c1-7-4-5-9(14)10(6-7)20-13-11(12(15)17-19)8(2)16-18(13)3/h4-6,19H,1-3H3,(H2,15,17). The number of nitrogens with zero attached hydrogens (tertiary/aromatic N) is 3. The highest BCUT2D eigenvalue weighted by molar-refractivity contribution is 6.32. The second-order valence-electron chi connectivity index (χ2n) is 4.41. The Morgan fingerprint density at radius 1 is 1.45 bits per heavy atom. The Morgan fingerprint density at radius 3 is 2.80 bits per heavy atom. The Kier molecular flexibility index (Phi) is 3.85. The first-order chi connectivity index (χ1) is 9.43. The molecule has 1 heterocycles. The molecule has 0 radical (unpaired) electrons. The van der Waals surface area contributed by atoms with Gasteiger partial charge in [-0.3, -0.25) is 0 Å². The van der Waals surface area contributed by atoms with Gasteiger partial charge in [0.2, 0.25) is 5.88 Å². The molecular weight excluding hydrogens is 280 g/mol. The zero-order chi connectivity index (χ0) is 14.9. The van der Waals surface area contributed by atoms with E-state index in [2.05, 4.69) is 10.3 Å². The molecule has 3 N–H and O–H groups in total. The highest BCUT2D eigenvalue weighted by Gasteiger charge is 2.20. The van der Waals surface area contributed by atoms with Gasteiger partial charge in [-0.15, -0.1) is 0 Å². The highest BCUT2D eigenvalue weighted by Crippen LogP contribution is 2.32. The summed E-state index contributed by atoms with van der Waals surface area (Å²) in [5.41, 5.74) is 7.71. The number of hydrogen-bond acceptors (Lipinski definition) is 4. The van der Waals surface area contributed by atoms with Crippen molar-refractivity contribution in [3.63, 3.8) is 0 Å². The lowest BCUT2D eigenvalue weighted by Crippen LogP contribution is -2.15. The molecule has 0 saturated heterocycles. The lowest BCUT2D eigenvalue weighted by atomic mass is 10.2. The first-order valence-electron chi connectivity index (χ1n) is 5.89. The molecule has 0 atom stereocenters. The van der Waals surface area contributed by atoms with E-state index in [0.29, 0.717) is 27.9 Å². The third kappa shape index (κ3) is 2.55. The molecule has 0 aliphatic rings. The van der Waals surface area contributed by atoms with Crippen LogP contribution in [0.5, 0.6) is 11.6 Å². The largest absolute Gasteiger partial charge is 0.437 e. The van der Waals surface area contributed by atoms with Crippen LogP contribution < -0.4 is 10.5 Å². The summed E-state index contributed by atoms with van der Waals surface area (Å²) in [6.45, 7) is 3.68. The van der Waals surface area contributed by atoms with Crippen molar-refractivity contribution in [1.29, 1.82) is 0 Å². The number of rotatable bonds is 3. The molecule has 0 unspecified atom stereocenters. The van der Waals surface area contributed by atoms with Crippen molar-refractivity contribution in [1.82, 2.24) is 9.78 Å². The van der Waals surface area contributed by atoms with E-state index in [1.807, 2.05) is 13.0 Å². The molecule has 2 rings (SSSR count). The summed E-state index contributed by atoms with van der Waals surface area (Å²) in [7, 11) is 1.71. The van der Waals surface area contributed by atoms with Gasteiger partial charge in [-0.05, 0) is 31.5 Å². The van der Waals surface area contributed by atoms with E-state index in [4.69, 9.17) is 27.3 Å². The van der Waals surface area contributed by atoms with Crippen LogP contribution in [0.2, 0.25) is 5.02 Å². The van der Waals surface area contributed by atoms with Crippen molar-refractivity contribution < 1.29 is 9.94 Å². The minimum atomic E-state index is -0.0608. The van der Waals surface area contributed by atoms with Crippen molar-refractivity contribution in [3.05, 3.63) is 40.0 Å². The van der Waals surface area contributed by atoms with E-state index in [9.17, 15) is 0 Å². The first-order valence-corrected chi connectivity index (χ1v) is 6.27. The van der Waals surface area contributed by atoms with Gasteiger partial charge in [-0.2, -0.15) is 5.10 Å². The SMILES string of the molecule is Cc1ccc(Cl)c(Oc2c(C(N)=NO)c(C)nn2C)c1. The maximum atomic E-state index is 8.86. The van der Waals surface area contributed by atoms with Crippen LogP contribution in [0.4, 0.5) is 0 Å². The summed E-state index contributed by atoms with van der Waals surface area (Å²) in [4.78, 5) is 0. The van der Waals surface area contributed by atoms with Gasteiger partial charge in [0.15, 0.2) is 5.84 Å². The number of benzene rings is 1. The van der Waals surface area contributed by atoms with Crippen molar-refractivity contribution in [3.8, 4) is 11.6 Å². The zero-order valence-corrected chi connectivity index (χ0v) is 12.1. The summed E-state index contributed by atoms with van der Waals surface area (Å²) in [6.07, 6.45) is 0. The molecule has 0 bridgehead atoms. The number of nitrogens with two attached hydrogens (primary N) is 1. The lowest BCUT2D eigenvalue weighted by molar-refractivity contribution is 0.318. The number of amidine groups is 1. The van der Waals surface area contributed by atoms with Crippen molar-refractivity contribution >= 4 is 17.4 Å². The Bertz CT molecular complexity index is 679. The summed E-state index contributed by atoms with van der Waals surface area (Å²) in [5.74, 6) is 0.793. The lowest BCUT2D eigenvalue weighted by Gasteiger charge is -2.10. The second-order valence-corrected chi connectivity index (χ2v) is 4.82. The van der Waals surface area contributed by atoms with E-state index in [1.165, 1.54) is 4.68 Å². The molecule has 0 saturated carbocycles. The quantitative estimate of drug-likeness (QED) is 0.394. The van der Waals surface area contributed by atoms with E-state index in [1.54, 1.807) is 26.1 Å². The molecule has 7 heteroatoms. The van der Waals surface area contributed by atoms with E-state index < -0.39 is 0 Å². The van der Waals surface area contributed by atoms with Gasteiger partial charge < -0.3 is 15.7 Å². The fourth-order valence-corrected chi connectivity index (χ4v) is 2.05. The Morgan fingerprint density at radius 2 is 2.15 bits per heavy atom. The topological polar surface area (TPSA) is 85.7 Å². The Labute approximate surface area is 121 Å². The molecule has 106 valence electrons. The summed E-state index contributed by atoms with van der Waals surface area (Å²) in [6, 6.07) is 5.44. The van der Waals surface area contributed by atoms with Crippen LogP contribution >= 0.6 is 11.6 Å². The molecule has 0 aliphatic carbocycles. The smallest absolute Gasteiger partial charge is 0.229 e. The van der Waals surface area contributed by atoms with Crippen LogP contribution in [0.3, 0.4) is 0 Å². The Balaban J connectivity index is 2.51. The van der Waals surface area contributed by atoms with Gasteiger partial charge in [0, 0.05) is 7.05 Å². The normalized spacial score (nSPS) is 11.7. The second kappa shape index (κ2) is 5.42. The molecule has 2 aromatic rings.